The minimum Gasteiger partial charge on any atom is -0.394 e. The lowest BCUT2D eigenvalue weighted by molar-refractivity contribution is 0.150. The summed E-state index contributed by atoms with van der Waals surface area (Å²) in [4.78, 5) is 10.7. The van der Waals surface area contributed by atoms with Gasteiger partial charge < -0.3 is 21.1 Å². The van der Waals surface area contributed by atoms with Gasteiger partial charge in [0.2, 0.25) is 0 Å². The lowest BCUT2D eigenvalue weighted by Crippen LogP contribution is -2.13. The van der Waals surface area contributed by atoms with Gasteiger partial charge in [-0.25, -0.2) is 0 Å². The molecule has 130 valence electrons. The first-order valence-electron chi connectivity index (χ1n) is 8.32. The van der Waals surface area contributed by atoms with Gasteiger partial charge in [-0.05, 0) is 11.1 Å². The van der Waals surface area contributed by atoms with Crippen LogP contribution in [0.4, 0.5) is 0 Å². The van der Waals surface area contributed by atoms with Crippen LogP contribution in [0.1, 0.15) is 17.5 Å². The summed E-state index contributed by atoms with van der Waals surface area (Å²) in [6, 6.07) is 16.3. The monoisotopic (exact) mass is 338 g/mol. The highest BCUT2D eigenvalue weighted by atomic mass is 16.6. The molecule has 2 aromatic rings. The lowest BCUT2D eigenvalue weighted by atomic mass is 9.96. The zero-order chi connectivity index (χ0) is 17.5. The van der Waals surface area contributed by atoms with E-state index < -0.39 is 0 Å². The second kappa shape index (κ2) is 8.41. The van der Waals surface area contributed by atoms with Gasteiger partial charge in [0.25, 0.3) is 0 Å². The molecule has 0 fully saturated rings. The van der Waals surface area contributed by atoms with Crippen LogP contribution >= 0.6 is 0 Å². The molecule has 0 spiro atoms. The second-order valence-corrected chi connectivity index (χ2v) is 5.59. The fraction of sp³-hybridized carbons (Fsp3) is 0.263. The van der Waals surface area contributed by atoms with Gasteiger partial charge in [-0.2, -0.15) is 0 Å². The standard InChI is InChI=1S/C19H22N4O2/c20-9-11-24-22-18-13-19(23-25-12-10-21)17-8-4-2-6-15(17)14-5-1-3-7-16(14)18/h1-8H,9-13,20-21H2. The first kappa shape index (κ1) is 17.1. The topological polar surface area (TPSA) is 95.2 Å². The van der Waals surface area contributed by atoms with Gasteiger partial charge >= 0.3 is 0 Å². The van der Waals surface area contributed by atoms with Crippen molar-refractivity contribution in [3.8, 4) is 11.1 Å². The Morgan fingerprint density at radius 1 is 0.680 bits per heavy atom. The maximum Gasteiger partial charge on any atom is 0.129 e. The molecule has 0 saturated carbocycles. The van der Waals surface area contributed by atoms with E-state index in [0.29, 0.717) is 32.7 Å². The molecule has 6 nitrogen and oxygen atoms in total. The molecule has 0 saturated heterocycles. The number of nitrogens with zero attached hydrogens (tertiary/aromatic N) is 2. The van der Waals surface area contributed by atoms with Crippen molar-refractivity contribution in [3.05, 3.63) is 59.7 Å². The molecule has 0 aromatic heterocycles. The van der Waals surface area contributed by atoms with E-state index in [1.54, 1.807) is 0 Å². The van der Waals surface area contributed by atoms with Crippen molar-refractivity contribution in [2.45, 2.75) is 6.42 Å². The molecule has 0 radical (unpaired) electrons. The Morgan fingerprint density at radius 3 is 1.48 bits per heavy atom. The Kier molecular flexibility index (Phi) is 5.77. The molecule has 0 bridgehead atoms. The number of benzene rings is 2. The Labute approximate surface area is 147 Å². The smallest absolute Gasteiger partial charge is 0.129 e. The van der Waals surface area contributed by atoms with Gasteiger partial charge in [0.05, 0.1) is 11.4 Å². The van der Waals surface area contributed by atoms with Gasteiger partial charge in [-0.3, -0.25) is 0 Å². The van der Waals surface area contributed by atoms with Crippen LogP contribution in [0.25, 0.3) is 11.1 Å². The third kappa shape index (κ3) is 3.87. The average Bonchev–Trinajstić information content (AvgIpc) is 2.78. The number of fused-ring (bicyclic) bond motifs is 3. The predicted octanol–water partition coefficient (Wildman–Crippen LogP) is 2.12. The van der Waals surface area contributed by atoms with Crippen molar-refractivity contribution in [3.63, 3.8) is 0 Å². The van der Waals surface area contributed by atoms with Gasteiger partial charge in [0, 0.05) is 30.6 Å². The first-order chi connectivity index (χ1) is 12.3. The molecule has 0 atom stereocenters. The normalized spacial score (nSPS) is 16.2. The summed E-state index contributed by atoms with van der Waals surface area (Å²) in [5, 5.41) is 8.62. The molecule has 2 aromatic carbocycles. The van der Waals surface area contributed by atoms with Crippen molar-refractivity contribution in [1.29, 1.82) is 0 Å². The van der Waals surface area contributed by atoms with Gasteiger partial charge in [0.1, 0.15) is 13.2 Å². The highest BCUT2D eigenvalue weighted by Gasteiger charge is 2.23. The second-order valence-electron chi connectivity index (χ2n) is 5.59. The lowest BCUT2D eigenvalue weighted by Gasteiger charge is -2.09. The summed E-state index contributed by atoms with van der Waals surface area (Å²) in [5.74, 6) is 0. The molecule has 0 aliphatic heterocycles. The van der Waals surface area contributed by atoms with Gasteiger partial charge in [-0.15, -0.1) is 0 Å². The van der Waals surface area contributed by atoms with Crippen LogP contribution in [0.2, 0.25) is 0 Å². The third-order valence-corrected chi connectivity index (χ3v) is 3.87. The van der Waals surface area contributed by atoms with E-state index in [9.17, 15) is 0 Å². The van der Waals surface area contributed by atoms with Gasteiger partial charge in [0.15, 0.2) is 0 Å². The predicted molar refractivity (Wildman–Crippen MR) is 99.6 cm³/mol. The van der Waals surface area contributed by atoms with Crippen LogP contribution in [-0.2, 0) is 9.68 Å². The maximum absolute atomic E-state index is 5.50. The SMILES string of the molecule is NCCON=C1CC(=NOCCN)c2ccccc2-c2ccccc21. The van der Waals surface area contributed by atoms with Crippen molar-refractivity contribution in [2.24, 2.45) is 21.8 Å². The molecule has 1 aliphatic carbocycles. The molecule has 0 heterocycles. The fourth-order valence-electron chi connectivity index (χ4n) is 2.80. The van der Waals surface area contributed by atoms with E-state index in [0.717, 1.165) is 33.7 Å². The van der Waals surface area contributed by atoms with E-state index in [2.05, 4.69) is 22.4 Å². The van der Waals surface area contributed by atoms with E-state index in [1.807, 2.05) is 36.4 Å². The summed E-state index contributed by atoms with van der Waals surface area (Å²) >= 11 is 0. The van der Waals surface area contributed by atoms with Gasteiger partial charge in [-0.1, -0.05) is 58.8 Å². The quantitative estimate of drug-likeness (QED) is 0.623. The minimum absolute atomic E-state index is 0.370. The van der Waals surface area contributed by atoms with Crippen LogP contribution in [-0.4, -0.2) is 37.7 Å². The highest BCUT2D eigenvalue weighted by molar-refractivity contribution is 6.24. The third-order valence-electron chi connectivity index (χ3n) is 3.87. The average molecular weight is 338 g/mol. The molecule has 6 heteroatoms. The fourth-order valence-corrected chi connectivity index (χ4v) is 2.80. The van der Waals surface area contributed by atoms with Crippen LogP contribution in [0.3, 0.4) is 0 Å². The van der Waals surface area contributed by atoms with E-state index in [-0.39, 0.29) is 0 Å². The maximum atomic E-state index is 5.50. The Hall–Kier alpha value is -2.70. The highest BCUT2D eigenvalue weighted by Crippen LogP contribution is 2.33. The summed E-state index contributed by atoms with van der Waals surface area (Å²) < 4.78 is 0. The van der Waals surface area contributed by atoms with Crippen LogP contribution < -0.4 is 11.5 Å². The first-order valence-corrected chi connectivity index (χ1v) is 8.32. The largest absolute Gasteiger partial charge is 0.394 e. The van der Waals surface area contributed by atoms with Crippen molar-refractivity contribution >= 4 is 11.4 Å². The van der Waals surface area contributed by atoms with Crippen LogP contribution in [0.15, 0.2) is 58.8 Å². The molecule has 25 heavy (non-hydrogen) atoms. The van der Waals surface area contributed by atoms with Crippen molar-refractivity contribution < 1.29 is 9.68 Å². The Bertz CT molecular complexity index is 721. The van der Waals surface area contributed by atoms with E-state index in [4.69, 9.17) is 21.1 Å². The van der Waals surface area contributed by atoms with Crippen LogP contribution in [0, 0.1) is 0 Å². The van der Waals surface area contributed by atoms with E-state index in [1.165, 1.54) is 0 Å². The minimum atomic E-state index is 0.370. The molecule has 0 unspecified atom stereocenters. The number of nitrogens with two attached hydrogens (primary N) is 2. The van der Waals surface area contributed by atoms with Crippen molar-refractivity contribution in [2.75, 3.05) is 26.3 Å². The molecule has 3 rings (SSSR count). The summed E-state index contributed by atoms with van der Waals surface area (Å²) in [7, 11) is 0. The Morgan fingerprint density at radius 2 is 1.08 bits per heavy atom. The number of oxime groups is 2. The molecular formula is C19H22N4O2. The number of rotatable bonds is 6. The summed E-state index contributed by atoms with van der Waals surface area (Å²) in [6.45, 7) is 1.57. The van der Waals surface area contributed by atoms with Crippen LogP contribution in [0.5, 0.6) is 0 Å². The molecular weight excluding hydrogens is 316 g/mol. The molecule has 0 amide bonds. The molecule has 1 aliphatic rings. The Balaban J connectivity index is 2.10. The zero-order valence-corrected chi connectivity index (χ0v) is 14.0. The molecule has 4 N–H and O–H groups in total. The number of hydrogen-bond donors (Lipinski definition) is 2. The van der Waals surface area contributed by atoms with E-state index >= 15 is 0 Å². The number of hydrogen-bond acceptors (Lipinski definition) is 6. The van der Waals surface area contributed by atoms with Crippen molar-refractivity contribution in [1.82, 2.24) is 0 Å². The summed E-state index contributed by atoms with van der Waals surface area (Å²) in [5.41, 5.74) is 16.8. The summed E-state index contributed by atoms with van der Waals surface area (Å²) in [6.07, 6.45) is 0.503. The zero-order valence-electron chi connectivity index (χ0n) is 14.0.